The Hall–Kier alpha value is -1.14. The fraction of sp³-hybridized carbons (Fsp3) is 0.714. The van der Waals surface area contributed by atoms with E-state index in [0.717, 1.165) is 35.1 Å². The third kappa shape index (κ3) is 2.42. The molecule has 20 heavy (non-hydrogen) atoms. The lowest BCUT2D eigenvalue weighted by atomic mass is 9.91. The summed E-state index contributed by atoms with van der Waals surface area (Å²) in [7, 11) is 0. The van der Waals surface area contributed by atoms with Gasteiger partial charge in [0, 0.05) is 11.4 Å². The van der Waals surface area contributed by atoms with E-state index in [1.54, 1.807) is 11.3 Å². The number of aliphatic carboxylic acids is 1. The SMILES string of the molecule is CC1CN(c2nc3c(s2)CCCC3C(=O)O)C(C)CO1. The van der Waals surface area contributed by atoms with Gasteiger partial charge in [-0.2, -0.15) is 0 Å². The number of morpholine rings is 1. The number of hydrogen-bond donors (Lipinski definition) is 1. The summed E-state index contributed by atoms with van der Waals surface area (Å²) >= 11 is 1.66. The van der Waals surface area contributed by atoms with Crippen LogP contribution >= 0.6 is 11.3 Å². The Kier molecular flexibility index (Phi) is 3.69. The van der Waals surface area contributed by atoms with Crippen molar-refractivity contribution in [3.8, 4) is 0 Å². The molecule has 5 nitrogen and oxygen atoms in total. The van der Waals surface area contributed by atoms with Gasteiger partial charge < -0.3 is 14.7 Å². The van der Waals surface area contributed by atoms with Crippen LogP contribution in [0.3, 0.4) is 0 Å². The Morgan fingerprint density at radius 2 is 2.30 bits per heavy atom. The zero-order valence-corrected chi connectivity index (χ0v) is 12.7. The van der Waals surface area contributed by atoms with Crippen molar-refractivity contribution in [1.82, 2.24) is 4.98 Å². The number of carboxylic acid groups (broad SMARTS) is 1. The largest absolute Gasteiger partial charge is 0.481 e. The van der Waals surface area contributed by atoms with Gasteiger partial charge in [0.1, 0.15) is 5.92 Å². The lowest BCUT2D eigenvalue weighted by molar-refractivity contribution is -0.139. The minimum Gasteiger partial charge on any atom is -0.481 e. The number of fused-ring (bicyclic) bond motifs is 1. The molecule has 1 fully saturated rings. The summed E-state index contributed by atoms with van der Waals surface area (Å²) in [5, 5.41) is 10.3. The van der Waals surface area contributed by atoms with Crippen LogP contribution in [0.25, 0.3) is 0 Å². The Balaban J connectivity index is 1.90. The van der Waals surface area contributed by atoms with E-state index in [2.05, 4.69) is 23.7 Å². The van der Waals surface area contributed by atoms with E-state index in [4.69, 9.17) is 4.74 Å². The van der Waals surface area contributed by atoms with E-state index in [1.165, 1.54) is 0 Å². The summed E-state index contributed by atoms with van der Waals surface area (Å²) < 4.78 is 5.64. The van der Waals surface area contributed by atoms with Gasteiger partial charge in [0.15, 0.2) is 5.13 Å². The van der Waals surface area contributed by atoms with Gasteiger partial charge in [-0.25, -0.2) is 4.98 Å². The Morgan fingerprint density at radius 3 is 3.05 bits per heavy atom. The number of rotatable bonds is 2. The highest BCUT2D eigenvalue weighted by Crippen LogP contribution is 2.39. The highest BCUT2D eigenvalue weighted by molar-refractivity contribution is 7.15. The van der Waals surface area contributed by atoms with Crippen LogP contribution in [-0.2, 0) is 16.0 Å². The fourth-order valence-electron chi connectivity index (χ4n) is 2.94. The molecule has 1 aromatic heterocycles. The van der Waals surface area contributed by atoms with Crippen LogP contribution in [0.1, 0.15) is 43.2 Å². The van der Waals surface area contributed by atoms with Gasteiger partial charge in [-0.1, -0.05) is 0 Å². The van der Waals surface area contributed by atoms with Crippen molar-refractivity contribution in [1.29, 1.82) is 0 Å². The third-order valence-electron chi connectivity index (χ3n) is 4.09. The van der Waals surface area contributed by atoms with Gasteiger partial charge in [-0.05, 0) is 33.1 Å². The van der Waals surface area contributed by atoms with Gasteiger partial charge in [-0.15, -0.1) is 11.3 Å². The summed E-state index contributed by atoms with van der Waals surface area (Å²) in [6.07, 6.45) is 2.81. The molecular weight excluding hydrogens is 276 g/mol. The van der Waals surface area contributed by atoms with Crippen molar-refractivity contribution < 1.29 is 14.6 Å². The molecule has 6 heteroatoms. The Morgan fingerprint density at radius 1 is 1.50 bits per heavy atom. The molecule has 0 spiro atoms. The zero-order valence-electron chi connectivity index (χ0n) is 11.8. The van der Waals surface area contributed by atoms with Crippen LogP contribution in [0, 0.1) is 0 Å². The molecule has 1 N–H and O–H groups in total. The van der Waals surface area contributed by atoms with Crippen molar-refractivity contribution in [2.45, 2.75) is 51.2 Å². The topological polar surface area (TPSA) is 62.7 Å². The van der Waals surface area contributed by atoms with Gasteiger partial charge in [0.05, 0.1) is 24.4 Å². The van der Waals surface area contributed by atoms with E-state index in [1.807, 2.05) is 0 Å². The van der Waals surface area contributed by atoms with Gasteiger partial charge in [-0.3, -0.25) is 4.79 Å². The maximum absolute atomic E-state index is 11.4. The maximum Gasteiger partial charge on any atom is 0.312 e. The third-order valence-corrected chi connectivity index (χ3v) is 5.26. The highest BCUT2D eigenvalue weighted by Gasteiger charge is 2.33. The first-order valence-electron chi connectivity index (χ1n) is 7.17. The second-order valence-electron chi connectivity index (χ2n) is 5.73. The van der Waals surface area contributed by atoms with Crippen molar-refractivity contribution >= 4 is 22.4 Å². The van der Waals surface area contributed by atoms with Crippen LogP contribution < -0.4 is 4.90 Å². The van der Waals surface area contributed by atoms with Crippen LogP contribution in [0.15, 0.2) is 0 Å². The lowest BCUT2D eigenvalue weighted by Crippen LogP contribution is -2.47. The molecule has 3 atom stereocenters. The lowest BCUT2D eigenvalue weighted by Gasteiger charge is -2.36. The van der Waals surface area contributed by atoms with E-state index < -0.39 is 11.9 Å². The number of aromatic nitrogens is 1. The first kappa shape index (κ1) is 13.8. The summed E-state index contributed by atoms with van der Waals surface area (Å²) in [6.45, 7) is 5.71. The van der Waals surface area contributed by atoms with Crippen LogP contribution in [-0.4, -0.2) is 41.4 Å². The van der Waals surface area contributed by atoms with Crippen LogP contribution in [0.5, 0.6) is 0 Å². The average molecular weight is 296 g/mol. The van der Waals surface area contributed by atoms with E-state index in [0.29, 0.717) is 19.1 Å². The first-order valence-corrected chi connectivity index (χ1v) is 7.98. The standard InChI is InChI=1S/C14H20N2O3S/c1-8-7-19-9(2)6-16(8)14-15-12-10(13(17)18)4-3-5-11(12)20-14/h8-10H,3-7H2,1-2H3,(H,17,18). The summed E-state index contributed by atoms with van der Waals surface area (Å²) in [4.78, 5) is 19.4. The van der Waals surface area contributed by atoms with Gasteiger partial charge >= 0.3 is 5.97 Å². The Bertz CT molecular complexity index is 517. The number of ether oxygens (including phenoxy) is 1. The predicted molar refractivity (Wildman–Crippen MR) is 77.7 cm³/mol. The van der Waals surface area contributed by atoms with Crippen LogP contribution in [0.2, 0.25) is 0 Å². The van der Waals surface area contributed by atoms with Gasteiger partial charge in [0.25, 0.3) is 0 Å². The highest BCUT2D eigenvalue weighted by atomic mass is 32.1. The maximum atomic E-state index is 11.4. The number of anilines is 1. The zero-order chi connectivity index (χ0) is 14.3. The molecule has 0 amide bonds. The number of carboxylic acids is 1. The molecule has 2 aliphatic rings. The first-order chi connectivity index (χ1) is 9.56. The van der Waals surface area contributed by atoms with Crippen molar-refractivity contribution in [2.75, 3.05) is 18.1 Å². The van der Waals surface area contributed by atoms with Crippen molar-refractivity contribution in [2.24, 2.45) is 0 Å². The summed E-state index contributed by atoms with van der Waals surface area (Å²) in [6, 6.07) is 0.294. The molecule has 3 unspecified atom stereocenters. The van der Waals surface area contributed by atoms with Gasteiger partial charge in [0.2, 0.25) is 0 Å². The predicted octanol–water partition coefficient (Wildman–Crippen LogP) is 2.26. The molecule has 1 aliphatic heterocycles. The fourth-order valence-corrected chi connectivity index (χ4v) is 4.21. The molecule has 1 aromatic rings. The summed E-state index contributed by atoms with van der Waals surface area (Å²) in [5.41, 5.74) is 0.801. The molecule has 3 rings (SSSR count). The average Bonchev–Trinajstić information content (AvgIpc) is 2.84. The molecule has 2 heterocycles. The minimum absolute atomic E-state index is 0.197. The molecule has 1 aliphatic carbocycles. The molecule has 0 radical (unpaired) electrons. The molecule has 0 saturated carbocycles. The quantitative estimate of drug-likeness (QED) is 0.907. The normalized spacial score (nSPS) is 30.1. The van der Waals surface area contributed by atoms with Crippen molar-refractivity contribution in [3.05, 3.63) is 10.6 Å². The smallest absolute Gasteiger partial charge is 0.312 e. The van der Waals surface area contributed by atoms with E-state index in [9.17, 15) is 9.90 Å². The minimum atomic E-state index is -0.744. The second kappa shape index (κ2) is 5.33. The van der Waals surface area contributed by atoms with E-state index >= 15 is 0 Å². The number of nitrogens with zero attached hydrogens (tertiary/aromatic N) is 2. The second-order valence-corrected chi connectivity index (χ2v) is 6.80. The number of carbonyl (C=O) groups is 1. The molecule has 0 aromatic carbocycles. The monoisotopic (exact) mass is 296 g/mol. The number of aryl methyl sites for hydroxylation is 1. The number of thiazole rings is 1. The Labute approximate surface area is 122 Å². The van der Waals surface area contributed by atoms with Crippen LogP contribution in [0.4, 0.5) is 5.13 Å². The molecular formula is C14H20N2O3S. The summed E-state index contributed by atoms with van der Waals surface area (Å²) in [5.74, 6) is -1.16. The van der Waals surface area contributed by atoms with E-state index in [-0.39, 0.29) is 6.10 Å². The molecule has 0 bridgehead atoms. The molecule has 110 valence electrons. The molecule has 1 saturated heterocycles. The number of hydrogen-bond acceptors (Lipinski definition) is 5. The van der Waals surface area contributed by atoms with Crippen molar-refractivity contribution in [3.63, 3.8) is 0 Å².